The van der Waals surface area contributed by atoms with Crippen LogP contribution in [0.3, 0.4) is 0 Å². The van der Waals surface area contributed by atoms with Gasteiger partial charge in [0.25, 0.3) is 0 Å². The molecule has 0 aliphatic carbocycles. The minimum absolute atomic E-state index is 0.0688. The summed E-state index contributed by atoms with van der Waals surface area (Å²) in [5.74, 6) is -1.17. The second kappa shape index (κ2) is 6.96. The first-order valence-electron chi connectivity index (χ1n) is 6.96. The molecule has 0 aliphatic heterocycles. The molecule has 1 aromatic carbocycles. The summed E-state index contributed by atoms with van der Waals surface area (Å²) in [7, 11) is 1.50. The van der Waals surface area contributed by atoms with Crippen LogP contribution in [0.4, 0.5) is 0 Å². The van der Waals surface area contributed by atoms with Crippen LogP contribution >= 0.6 is 15.9 Å². The quantitative estimate of drug-likeness (QED) is 0.585. The number of carbonyl (C=O) groups excluding carboxylic acids is 3. The average Bonchev–Trinajstić information content (AvgIpc) is 2.86. The summed E-state index contributed by atoms with van der Waals surface area (Å²) in [4.78, 5) is 48.9. The van der Waals surface area contributed by atoms with Crippen molar-refractivity contribution >= 4 is 33.5 Å². The molecular weight excluding hydrogens is 380 g/mol. The Morgan fingerprint density at radius 3 is 2.00 bits per heavy atom. The lowest BCUT2D eigenvalue weighted by molar-refractivity contribution is 0.0905. The van der Waals surface area contributed by atoms with E-state index in [1.165, 1.54) is 26.2 Å². The third kappa shape index (κ3) is 2.96. The first kappa shape index (κ1) is 17.9. The van der Waals surface area contributed by atoms with E-state index in [2.05, 4.69) is 15.9 Å². The molecule has 7 nitrogen and oxygen atoms in total. The molecule has 1 aromatic heterocycles. The molecule has 0 radical (unpaired) electrons. The van der Waals surface area contributed by atoms with E-state index < -0.39 is 23.3 Å². The van der Waals surface area contributed by atoms with Gasteiger partial charge < -0.3 is 4.74 Å². The summed E-state index contributed by atoms with van der Waals surface area (Å²) in [5, 5.41) is 0.0688. The lowest BCUT2D eigenvalue weighted by atomic mass is 10.1. The molecule has 8 heteroatoms. The number of benzene rings is 1. The zero-order chi connectivity index (χ0) is 18.0. The van der Waals surface area contributed by atoms with Crippen LogP contribution in [0.25, 0.3) is 0 Å². The van der Waals surface area contributed by atoms with Gasteiger partial charge in [0.2, 0.25) is 17.6 Å². The molecule has 0 bridgehead atoms. The first-order valence-corrected chi connectivity index (χ1v) is 8.08. The number of hydrogen-bond donors (Lipinski definition) is 0. The highest BCUT2D eigenvalue weighted by atomic mass is 79.9. The van der Waals surface area contributed by atoms with E-state index in [1.54, 1.807) is 12.1 Å². The topological polar surface area (TPSA) is 87.4 Å². The van der Waals surface area contributed by atoms with Gasteiger partial charge in [-0.25, -0.2) is 13.9 Å². The fourth-order valence-corrected chi connectivity index (χ4v) is 2.91. The van der Waals surface area contributed by atoms with Crippen molar-refractivity contribution in [3.8, 4) is 5.75 Å². The summed E-state index contributed by atoms with van der Waals surface area (Å²) in [5.41, 5.74) is -0.553. The van der Waals surface area contributed by atoms with Gasteiger partial charge >= 0.3 is 5.69 Å². The van der Waals surface area contributed by atoms with Gasteiger partial charge in [0, 0.05) is 24.7 Å². The van der Waals surface area contributed by atoms with Crippen LogP contribution in [-0.2, 0) is 5.33 Å². The third-order valence-electron chi connectivity index (χ3n) is 3.47. The monoisotopic (exact) mass is 394 g/mol. The molecule has 0 N–H and O–H groups in total. The average molecular weight is 395 g/mol. The first-order chi connectivity index (χ1) is 11.3. The molecule has 0 saturated heterocycles. The Labute approximate surface area is 146 Å². The highest BCUT2D eigenvalue weighted by Gasteiger charge is 2.28. The van der Waals surface area contributed by atoms with Crippen LogP contribution in [0.2, 0.25) is 0 Å². The van der Waals surface area contributed by atoms with E-state index in [-0.39, 0.29) is 22.3 Å². The summed E-state index contributed by atoms with van der Waals surface area (Å²) in [6.45, 7) is 2.36. The molecule has 0 fully saturated rings. The second-order valence-corrected chi connectivity index (χ2v) is 5.54. The lowest BCUT2D eigenvalue weighted by Crippen LogP contribution is -2.31. The maximum absolute atomic E-state index is 12.8. The summed E-state index contributed by atoms with van der Waals surface area (Å²) in [6.07, 6.45) is 0. The number of alkyl halides is 1. The van der Waals surface area contributed by atoms with Crippen LogP contribution in [0.15, 0.2) is 29.1 Å². The number of nitrogens with zero attached hydrogens (tertiary/aromatic N) is 2. The maximum atomic E-state index is 12.8. The van der Waals surface area contributed by atoms with Gasteiger partial charge in [0.1, 0.15) is 11.4 Å². The van der Waals surface area contributed by atoms with Gasteiger partial charge in [-0.05, 0) is 24.3 Å². The van der Waals surface area contributed by atoms with Crippen molar-refractivity contribution in [3.63, 3.8) is 0 Å². The Kier molecular flexibility index (Phi) is 5.18. The molecule has 0 atom stereocenters. The number of ether oxygens (including phenoxy) is 1. The molecule has 0 unspecified atom stereocenters. The molecule has 0 saturated carbocycles. The molecule has 24 heavy (non-hydrogen) atoms. The Morgan fingerprint density at radius 1 is 1.04 bits per heavy atom. The molecule has 2 rings (SSSR count). The molecule has 1 heterocycles. The summed E-state index contributed by atoms with van der Waals surface area (Å²) >= 11 is 3.18. The summed E-state index contributed by atoms with van der Waals surface area (Å²) < 4.78 is 6.59. The van der Waals surface area contributed by atoms with Crippen LogP contribution in [0, 0.1) is 0 Å². The van der Waals surface area contributed by atoms with Crippen molar-refractivity contribution in [3.05, 3.63) is 51.7 Å². The second-order valence-electron chi connectivity index (χ2n) is 4.98. The fraction of sp³-hybridized carbons (Fsp3) is 0.250. The molecule has 0 amide bonds. The van der Waals surface area contributed by atoms with Crippen LogP contribution in [0.1, 0.15) is 45.2 Å². The van der Waals surface area contributed by atoms with Gasteiger partial charge in [0.05, 0.1) is 12.8 Å². The normalized spacial score (nSPS) is 10.5. The maximum Gasteiger partial charge on any atom is 0.342 e. The molecule has 126 valence electrons. The highest BCUT2D eigenvalue weighted by Crippen LogP contribution is 2.19. The minimum atomic E-state index is -0.846. The van der Waals surface area contributed by atoms with Crippen molar-refractivity contribution in [2.24, 2.45) is 0 Å². The standard InChI is InChI=1S/C16H15BrN2O5/c1-9(20)18-13(8-17)14(19(10(2)21)16(18)23)15(22)11-4-6-12(24-3)7-5-11/h4-7H,8H2,1-3H3. The van der Waals surface area contributed by atoms with Gasteiger partial charge in [-0.3, -0.25) is 14.4 Å². The Bertz CT molecular complexity index is 877. The van der Waals surface area contributed by atoms with E-state index in [0.29, 0.717) is 5.75 Å². The predicted octanol–water partition coefficient (Wildman–Crippen LogP) is 2.10. The van der Waals surface area contributed by atoms with Gasteiger partial charge in [-0.2, -0.15) is 0 Å². The number of rotatable bonds is 4. The molecule has 0 spiro atoms. The van der Waals surface area contributed by atoms with Gasteiger partial charge in [-0.1, -0.05) is 15.9 Å². The Morgan fingerprint density at radius 2 is 1.58 bits per heavy atom. The zero-order valence-corrected chi connectivity index (χ0v) is 14.9. The van der Waals surface area contributed by atoms with E-state index >= 15 is 0 Å². The number of ketones is 1. The molecular formula is C16H15BrN2O5. The molecule has 2 aromatic rings. The number of halogens is 1. The van der Waals surface area contributed by atoms with Crippen molar-refractivity contribution in [2.45, 2.75) is 19.2 Å². The van der Waals surface area contributed by atoms with Crippen molar-refractivity contribution in [2.75, 3.05) is 7.11 Å². The van der Waals surface area contributed by atoms with E-state index in [9.17, 15) is 19.2 Å². The van der Waals surface area contributed by atoms with Crippen molar-refractivity contribution in [1.82, 2.24) is 9.13 Å². The molecule has 0 aliphatic rings. The van der Waals surface area contributed by atoms with Crippen molar-refractivity contribution < 1.29 is 19.1 Å². The number of methoxy groups -OCH3 is 1. The number of carbonyl (C=O) groups is 3. The number of imidazole rings is 1. The van der Waals surface area contributed by atoms with Crippen LogP contribution in [-0.4, -0.2) is 33.8 Å². The third-order valence-corrected chi connectivity index (χ3v) is 4.00. The predicted molar refractivity (Wildman–Crippen MR) is 90.4 cm³/mol. The van der Waals surface area contributed by atoms with Crippen LogP contribution < -0.4 is 10.4 Å². The summed E-state index contributed by atoms with van der Waals surface area (Å²) in [6, 6.07) is 6.25. The van der Waals surface area contributed by atoms with E-state index in [4.69, 9.17) is 4.74 Å². The largest absolute Gasteiger partial charge is 0.497 e. The number of hydrogen-bond acceptors (Lipinski definition) is 5. The highest BCUT2D eigenvalue weighted by molar-refractivity contribution is 9.08. The SMILES string of the molecule is COc1ccc(C(=O)c2c(CBr)n(C(C)=O)c(=O)n2C(C)=O)cc1. The lowest BCUT2D eigenvalue weighted by Gasteiger charge is -2.06. The van der Waals surface area contributed by atoms with E-state index in [1.807, 2.05) is 0 Å². The number of aromatic nitrogens is 2. The zero-order valence-electron chi connectivity index (χ0n) is 13.3. The van der Waals surface area contributed by atoms with Crippen LogP contribution in [0.5, 0.6) is 5.75 Å². The fourth-order valence-electron chi connectivity index (χ4n) is 2.40. The van der Waals surface area contributed by atoms with Gasteiger partial charge in [0.15, 0.2) is 0 Å². The Hall–Kier alpha value is -2.48. The van der Waals surface area contributed by atoms with Gasteiger partial charge in [-0.15, -0.1) is 0 Å². The van der Waals surface area contributed by atoms with E-state index in [0.717, 1.165) is 16.1 Å². The van der Waals surface area contributed by atoms with Crippen molar-refractivity contribution in [1.29, 1.82) is 0 Å². The smallest absolute Gasteiger partial charge is 0.342 e. The Balaban J connectivity index is 2.73. The minimum Gasteiger partial charge on any atom is -0.497 e.